The highest BCUT2D eigenvalue weighted by atomic mass is 16.1. The van der Waals surface area contributed by atoms with E-state index in [1.165, 1.54) is 19.3 Å². The average Bonchev–Trinajstić information content (AvgIpc) is 3.05. The Morgan fingerprint density at radius 3 is 2.46 bits per heavy atom. The van der Waals surface area contributed by atoms with Crippen LogP contribution in [0.4, 0.5) is 5.69 Å². The summed E-state index contributed by atoms with van der Waals surface area (Å²) in [4.78, 5) is 20.7. The van der Waals surface area contributed by atoms with E-state index in [1.807, 2.05) is 48.5 Å². The number of carbonyl (C=O) groups excluding carboxylic acids is 1. The maximum Gasteiger partial charge on any atom is 0.227 e. The lowest BCUT2D eigenvalue weighted by atomic mass is 9.90. The minimum Gasteiger partial charge on any atom is -0.338 e. The zero-order valence-electron chi connectivity index (χ0n) is 15.0. The first kappa shape index (κ1) is 16.8. The van der Waals surface area contributed by atoms with Crippen molar-refractivity contribution in [3.8, 4) is 11.4 Å². The number of nitrogens with zero attached hydrogens (tertiary/aromatic N) is 1. The highest BCUT2D eigenvalue weighted by Crippen LogP contribution is 2.26. The molecule has 0 radical (unpaired) electrons. The number of nitrogens with one attached hydrogen (secondary N) is 2. The molecule has 0 bridgehead atoms. The van der Waals surface area contributed by atoms with Gasteiger partial charge in [-0.1, -0.05) is 62.4 Å². The Hall–Kier alpha value is -2.62. The van der Waals surface area contributed by atoms with Crippen LogP contribution in [-0.4, -0.2) is 15.9 Å². The maximum absolute atomic E-state index is 12.7. The van der Waals surface area contributed by atoms with Crippen LogP contribution < -0.4 is 5.32 Å². The van der Waals surface area contributed by atoms with Gasteiger partial charge in [-0.2, -0.15) is 0 Å². The first-order chi connectivity index (χ1) is 12.8. The third-order valence-corrected chi connectivity index (χ3v) is 5.27. The summed E-state index contributed by atoms with van der Waals surface area (Å²) in [5.41, 5.74) is 3.75. The van der Waals surface area contributed by atoms with Crippen molar-refractivity contribution in [1.29, 1.82) is 0 Å². The number of H-pyrrole nitrogens is 1. The molecule has 1 aliphatic carbocycles. The van der Waals surface area contributed by atoms with Crippen molar-refractivity contribution >= 4 is 22.6 Å². The Bertz CT molecular complexity index is 877. The molecule has 4 rings (SSSR count). The molecule has 0 aliphatic heterocycles. The lowest BCUT2D eigenvalue weighted by molar-refractivity contribution is -0.120. The molecule has 0 saturated heterocycles. The van der Waals surface area contributed by atoms with Gasteiger partial charge in [0.2, 0.25) is 5.91 Å². The van der Waals surface area contributed by atoms with E-state index in [4.69, 9.17) is 0 Å². The van der Waals surface area contributed by atoms with E-state index in [2.05, 4.69) is 15.3 Å². The van der Waals surface area contributed by atoms with Crippen molar-refractivity contribution in [3.05, 3.63) is 48.5 Å². The molecule has 4 nitrogen and oxygen atoms in total. The van der Waals surface area contributed by atoms with E-state index < -0.39 is 0 Å². The minimum atomic E-state index is 0.146. The smallest absolute Gasteiger partial charge is 0.227 e. The molecule has 1 fully saturated rings. The summed E-state index contributed by atoms with van der Waals surface area (Å²) in [6.07, 6.45) is 8.18. The molecule has 0 unspecified atom stereocenters. The molecule has 0 spiro atoms. The molecular weight excluding hydrogens is 322 g/mol. The molecule has 1 aromatic heterocycles. The van der Waals surface area contributed by atoms with Gasteiger partial charge in [-0.15, -0.1) is 0 Å². The van der Waals surface area contributed by atoms with Crippen molar-refractivity contribution in [2.24, 2.45) is 5.92 Å². The first-order valence-corrected chi connectivity index (χ1v) is 9.66. The highest BCUT2D eigenvalue weighted by Gasteiger charge is 2.19. The summed E-state index contributed by atoms with van der Waals surface area (Å²) in [5.74, 6) is 1.16. The fourth-order valence-corrected chi connectivity index (χ4v) is 3.78. The number of benzene rings is 2. The monoisotopic (exact) mass is 347 g/mol. The number of aromatic amines is 1. The zero-order valence-corrected chi connectivity index (χ0v) is 15.0. The molecule has 1 heterocycles. The van der Waals surface area contributed by atoms with E-state index >= 15 is 0 Å². The summed E-state index contributed by atoms with van der Waals surface area (Å²) < 4.78 is 0. The van der Waals surface area contributed by atoms with Crippen molar-refractivity contribution in [2.45, 2.75) is 44.9 Å². The van der Waals surface area contributed by atoms with Crippen LogP contribution >= 0.6 is 0 Å². The Balaban J connectivity index is 1.51. The Morgan fingerprint density at radius 1 is 0.962 bits per heavy atom. The molecule has 26 heavy (non-hydrogen) atoms. The van der Waals surface area contributed by atoms with Gasteiger partial charge in [-0.3, -0.25) is 4.79 Å². The molecule has 2 aromatic carbocycles. The zero-order chi connectivity index (χ0) is 17.8. The highest BCUT2D eigenvalue weighted by molar-refractivity contribution is 5.94. The van der Waals surface area contributed by atoms with Gasteiger partial charge in [-0.05, 0) is 31.0 Å². The summed E-state index contributed by atoms with van der Waals surface area (Å²) in [5, 5.41) is 3.11. The number of amides is 1. The van der Waals surface area contributed by atoms with Crippen molar-refractivity contribution in [1.82, 2.24) is 9.97 Å². The van der Waals surface area contributed by atoms with E-state index in [-0.39, 0.29) is 11.8 Å². The molecule has 1 amide bonds. The number of anilines is 1. The number of aromatic nitrogens is 2. The van der Waals surface area contributed by atoms with Gasteiger partial charge < -0.3 is 10.3 Å². The van der Waals surface area contributed by atoms with Gasteiger partial charge in [0.05, 0.1) is 11.0 Å². The van der Waals surface area contributed by atoms with Gasteiger partial charge in [-0.25, -0.2) is 4.98 Å². The van der Waals surface area contributed by atoms with Gasteiger partial charge in [0.1, 0.15) is 5.82 Å². The quantitative estimate of drug-likeness (QED) is 0.654. The van der Waals surface area contributed by atoms with E-state index in [9.17, 15) is 4.79 Å². The van der Waals surface area contributed by atoms with E-state index in [1.54, 1.807) is 0 Å². The Morgan fingerprint density at radius 2 is 1.69 bits per heavy atom. The molecule has 1 aliphatic rings. The number of hydrogen-bond donors (Lipinski definition) is 2. The van der Waals surface area contributed by atoms with Gasteiger partial charge in [0, 0.05) is 17.2 Å². The molecule has 3 aromatic rings. The van der Waals surface area contributed by atoms with Crippen LogP contribution in [0.1, 0.15) is 44.9 Å². The second kappa shape index (κ2) is 7.73. The predicted octanol–water partition coefficient (Wildman–Crippen LogP) is 5.53. The van der Waals surface area contributed by atoms with Crippen LogP contribution in [0.5, 0.6) is 0 Å². The SMILES string of the molecule is O=C(Nc1ccc2nc(-c3ccccc3)[nH]c2c1)C1CCCCCCC1. The van der Waals surface area contributed by atoms with Crippen LogP contribution in [-0.2, 0) is 4.79 Å². The van der Waals surface area contributed by atoms with Crippen LogP contribution in [0.15, 0.2) is 48.5 Å². The molecule has 0 atom stereocenters. The molecule has 1 saturated carbocycles. The summed E-state index contributed by atoms with van der Waals surface area (Å²) >= 11 is 0. The van der Waals surface area contributed by atoms with Crippen LogP contribution in [0.3, 0.4) is 0 Å². The molecular formula is C22H25N3O. The normalized spacial score (nSPS) is 16.2. The minimum absolute atomic E-state index is 0.146. The van der Waals surface area contributed by atoms with E-state index in [0.29, 0.717) is 0 Å². The van der Waals surface area contributed by atoms with Gasteiger partial charge in [0.15, 0.2) is 0 Å². The molecule has 2 N–H and O–H groups in total. The van der Waals surface area contributed by atoms with Gasteiger partial charge in [0.25, 0.3) is 0 Å². The molecule has 134 valence electrons. The average molecular weight is 347 g/mol. The van der Waals surface area contributed by atoms with Crippen LogP contribution in [0, 0.1) is 5.92 Å². The summed E-state index contributed by atoms with van der Waals surface area (Å²) in [6.45, 7) is 0. The summed E-state index contributed by atoms with van der Waals surface area (Å²) in [7, 11) is 0. The van der Waals surface area contributed by atoms with Crippen molar-refractivity contribution < 1.29 is 4.79 Å². The van der Waals surface area contributed by atoms with Crippen molar-refractivity contribution in [2.75, 3.05) is 5.32 Å². The number of carbonyl (C=O) groups is 1. The summed E-state index contributed by atoms with van der Waals surface area (Å²) in [6, 6.07) is 16.0. The third-order valence-electron chi connectivity index (χ3n) is 5.27. The third kappa shape index (κ3) is 3.79. The maximum atomic E-state index is 12.7. The van der Waals surface area contributed by atoms with Crippen LogP contribution in [0.2, 0.25) is 0 Å². The number of rotatable bonds is 3. The van der Waals surface area contributed by atoms with Crippen molar-refractivity contribution in [3.63, 3.8) is 0 Å². The lowest BCUT2D eigenvalue weighted by Gasteiger charge is -2.19. The lowest BCUT2D eigenvalue weighted by Crippen LogP contribution is -2.23. The Labute approximate surface area is 154 Å². The fraction of sp³-hybridized carbons (Fsp3) is 0.364. The van der Waals surface area contributed by atoms with Gasteiger partial charge >= 0.3 is 0 Å². The second-order valence-electron chi connectivity index (χ2n) is 7.21. The number of imidazole rings is 1. The largest absolute Gasteiger partial charge is 0.338 e. The van der Waals surface area contributed by atoms with E-state index in [0.717, 1.165) is 53.8 Å². The standard InChI is InChI=1S/C22H25N3O/c26-22(17-11-5-2-1-3-6-12-17)23-18-13-14-19-20(15-18)25-21(24-19)16-9-7-4-8-10-16/h4,7-10,13-15,17H,1-3,5-6,11-12H2,(H,23,26)(H,24,25). The predicted molar refractivity (Wildman–Crippen MR) is 106 cm³/mol. The Kier molecular flexibility index (Phi) is 5.00. The number of hydrogen-bond acceptors (Lipinski definition) is 2. The van der Waals surface area contributed by atoms with Crippen LogP contribution in [0.25, 0.3) is 22.4 Å². The fourth-order valence-electron chi connectivity index (χ4n) is 3.78. The topological polar surface area (TPSA) is 57.8 Å². The molecule has 4 heteroatoms. The first-order valence-electron chi connectivity index (χ1n) is 9.66. The second-order valence-corrected chi connectivity index (χ2v) is 7.21. The number of fused-ring (bicyclic) bond motifs is 1.